The predicted molar refractivity (Wildman–Crippen MR) is 99.5 cm³/mol. The van der Waals surface area contributed by atoms with Crippen LogP contribution in [0.1, 0.15) is 17.3 Å². The quantitative estimate of drug-likeness (QED) is 0.708. The number of halogens is 2. The van der Waals surface area contributed by atoms with E-state index < -0.39 is 18.5 Å². The lowest BCUT2D eigenvalue weighted by molar-refractivity contribution is -0.119. The van der Waals surface area contributed by atoms with E-state index in [1.54, 1.807) is 18.2 Å². The van der Waals surface area contributed by atoms with Crippen molar-refractivity contribution in [3.05, 3.63) is 52.0 Å². The van der Waals surface area contributed by atoms with Crippen LogP contribution in [0.25, 0.3) is 0 Å². The Morgan fingerprint density at radius 1 is 1.08 bits per heavy atom. The fraction of sp³-hybridized carbons (Fsp3) is 0.222. The van der Waals surface area contributed by atoms with Gasteiger partial charge in [0.15, 0.2) is 18.1 Å². The van der Waals surface area contributed by atoms with Crippen molar-refractivity contribution in [1.82, 2.24) is 0 Å². The Kier molecular flexibility index (Phi) is 7.12. The largest absolute Gasteiger partial charge is 0.493 e. The van der Waals surface area contributed by atoms with Crippen LogP contribution in [0.2, 0.25) is 10.0 Å². The standard InChI is InChI=1S/C18H17Cl2NO5/c1-3-25-16-8-11(4-7-15(16)24-2)18(23)26-10-17(22)21-14-6-5-12(19)9-13(14)20/h4-9H,3,10H2,1-2H3,(H,21,22). The molecular formula is C18H17Cl2NO5. The minimum atomic E-state index is -0.661. The lowest BCUT2D eigenvalue weighted by atomic mass is 10.2. The minimum absolute atomic E-state index is 0.242. The normalized spacial score (nSPS) is 10.2. The van der Waals surface area contributed by atoms with Gasteiger partial charge in [-0.25, -0.2) is 4.79 Å². The SMILES string of the molecule is CCOc1cc(C(=O)OCC(=O)Nc2ccc(Cl)cc2Cl)ccc1OC. The average Bonchev–Trinajstić information content (AvgIpc) is 2.62. The highest BCUT2D eigenvalue weighted by Crippen LogP contribution is 2.28. The van der Waals surface area contributed by atoms with Gasteiger partial charge in [-0.05, 0) is 43.3 Å². The molecule has 6 nitrogen and oxygen atoms in total. The first-order valence-corrected chi connectivity index (χ1v) is 8.43. The van der Waals surface area contributed by atoms with Crippen LogP contribution in [0, 0.1) is 0 Å². The first kappa shape index (κ1) is 19.9. The smallest absolute Gasteiger partial charge is 0.338 e. The van der Waals surface area contributed by atoms with Crippen molar-refractivity contribution in [2.24, 2.45) is 0 Å². The third-order valence-corrected chi connectivity index (χ3v) is 3.79. The Morgan fingerprint density at radius 2 is 1.85 bits per heavy atom. The number of carbonyl (C=O) groups excluding carboxylic acids is 2. The topological polar surface area (TPSA) is 73.9 Å². The van der Waals surface area contributed by atoms with Crippen LogP contribution < -0.4 is 14.8 Å². The Morgan fingerprint density at radius 3 is 2.50 bits per heavy atom. The molecule has 0 saturated carbocycles. The summed E-state index contributed by atoms with van der Waals surface area (Å²) in [6.07, 6.45) is 0. The second-order valence-electron chi connectivity index (χ2n) is 5.05. The third kappa shape index (κ3) is 5.28. The third-order valence-electron chi connectivity index (χ3n) is 3.24. The van der Waals surface area contributed by atoms with Crippen LogP contribution in [-0.4, -0.2) is 32.2 Å². The molecule has 8 heteroatoms. The van der Waals surface area contributed by atoms with Crippen molar-refractivity contribution in [2.75, 3.05) is 25.6 Å². The first-order valence-electron chi connectivity index (χ1n) is 7.67. The zero-order valence-corrected chi connectivity index (χ0v) is 15.7. The molecule has 2 rings (SSSR count). The maximum atomic E-state index is 12.1. The van der Waals surface area contributed by atoms with Gasteiger partial charge in [-0.3, -0.25) is 4.79 Å². The molecule has 0 aliphatic heterocycles. The number of hydrogen-bond donors (Lipinski definition) is 1. The highest BCUT2D eigenvalue weighted by molar-refractivity contribution is 6.36. The number of nitrogens with one attached hydrogen (secondary N) is 1. The summed E-state index contributed by atoms with van der Waals surface area (Å²) in [7, 11) is 1.50. The van der Waals surface area contributed by atoms with E-state index >= 15 is 0 Å². The monoisotopic (exact) mass is 397 g/mol. The lowest BCUT2D eigenvalue weighted by Gasteiger charge is -2.11. The molecule has 0 unspecified atom stereocenters. The van der Waals surface area contributed by atoms with Gasteiger partial charge in [-0.15, -0.1) is 0 Å². The number of esters is 1. The van der Waals surface area contributed by atoms with Crippen molar-refractivity contribution in [3.8, 4) is 11.5 Å². The van der Waals surface area contributed by atoms with Crippen LogP contribution in [0.5, 0.6) is 11.5 Å². The zero-order valence-electron chi connectivity index (χ0n) is 14.2. The van der Waals surface area contributed by atoms with Crippen molar-refractivity contribution < 1.29 is 23.8 Å². The van der Waals surface area contributed by atoms with Crippen molar-refractivity contribution in [3.63, 3.8) is 0 Å². The number of hydrogen-bond acceptors (Lipinski definition) is 5. The molecule has 0 spiro atoms. The molecule has 0 fully saturated rings. The average molecular weight is 398 g/mol. The summed E-state index contributed by atoms with van der Waals surface area (Å²) in [4.78, 5) is 24.1. The summed E-state index contributed by atoms with van der Waals surface area (Å²) in [5, 5.41) is 3.28. The van der Waals surface area contributed by atoms with E-state index in [1.807, 2.05) is 6.92 Å². The van der Waals surface area contributed by atoms with E-state index in [-0.39, 0.29) is 10.6 Å². The van der Waals surface area contributed by atoms with Crippen LogP contribution in [0.3, 0.4) is 0 Å². The predicted octanol–water partition coefficient (Wildman–Crippen LogP) is 4.20. The molecule has 0 atom stereocenters. The molecule has 0 heterocycles. The number of carbonyl (C=O) groups is 2. The van der Waals surface area contributed by atoms with Crippen LogP contribution in [0.4, 0.5) is 5.69 Å². The molecule has 0 aromatic heterocycles. The van der Waals surface area contributed by atoms with Gasteiger partial charge in [0.1, 0.15) is 0 Å². The van der Waals surface area contributed by atoms with Crippen LogP contribution >= 0.6 is 23.2 Å². The summed E-state index contributed by atoms with van der Waals surface area (Å²) < 4.78 is 15.6. The highest BCUT2D eigenvalue weighted by atomic mass is 35.5. The van der Waals surface area contributed by atoms with Crippen molar-refractivity contribution in [1.29, 1.82) is 0 Å². The van der Waals surface area contributed by atoms with E-state index in [4.69, 9.17) is 37.4 Å². The molecule has 0 saturated heterocycles. The molecule has 138 valence electrons. The lowest BCUT2D eigenvalue weighted by Crippen LogP contribution is -2.21. The summed E-state index contributed by atoms with van der Waals surface area (Å²) in [6.45, 7) is 1.77. The van der Waals surface area contributed by atoms with Gasteiger partial charge in [-0.1, -0.05) is 23.2 Å². The molecule has 0 aliphatic carbocycles. The molecule has 0 radical (unpaired) electrons. The number of anilines is 1. The van der Waals surface area contributed by atoms with E-state index in [0.29, 0.717) is 28.8 Å². The van der Waals surface area contributed by atoms with Gasteiger partial charge in [-0.2, -0.15) is 0 Å². The van der Waals surface area contributed by atoms with Crippen LogP contribution in [0.15, 0.2) is 36.4 Å². The van der Waals surface area contributed by atoms with Gasteiger partial charge < -0.3 is 19.5 Å². The highest BCUT2D eigenvalue weighted by Gasteiger charge is 2.14. The van der Waals surface area contributed by atoms with E-state index in [2.05, 4.69) is 5.32 Å². The molecule has 1 N–H and O–H groups in total. The minimum Gasteiger partial charge on any atom is -0.493 e. The van der Waals surface area contributed by atoms with Crippen molar-refractivity contribution >= 4 is 40.8 Å². The van der Waals surface area contributed by atoms with E-state index in [1.165, 1.54) is 25.3 Å². The molecular weight excluding hydrogens is 381 g/mol. The molecule has 26 heavy (non-hydrogen) atoms. The number of ether oxygens (including phenoxy) is 3. The molecule has 1 amide bonds. The molecule has 0 aliphatic rings. The van der Waals surface area contributed by atoms with Gasteiger partial charge >= 0.3 is 5.97 Å². The summed E-state index contributed by atoms with van der Waals surface area (Å²) in [5.74, 6) is -0.271. The fourth-order valence-corrected chi connectivity index (χ4v) is 2.52. The van der Waals surface area contributed by atoms with Gasteiger partial charge in [0.25, 0.3) is 5.91 Å². The van der Waals surface area contributed by atoms with E-state index in [0.717, 1.165) is 0 Å². The number of methoxy groups -OCH3 is 1. The first-order chi connectivity index (χ1) is 12.4. The second-order valence-corrected chi connectivity index (χ2v) is 5.89. The zero-order chi connectivity index (χ0) is 19.1. The molecule has 0 bridgehead atoms. The van der Waals surface area contributed by atoms with Crippen LogP contribution in [-0.2, 0) is 9.53 Å². The molecule has 2 aromatic carbocycles. The summed E-state index contributed by atoms with van der Waals surface area (Å²) in [6, 6.07) is 9.26. The second kappa shape index (κ2) is 9.31. The Labute approximate surface area is 160 Å². The molecule has 2 aromatic rings. The summed E-state index contributed by atoms with van der Waals surface area (Å²) >= 11 is 11.8. The number of benzene rings is 2. The maximum absolute atomic E-state index is 12.1. The fourth-order valence-electron chi connectivity index (χ4n) is 2.06. The summed E-state index contributed by atoms with van der Waals surface area (Å²) in [5.41, 5.74) is 0.617. The number of rotatable bonds is 7. The Balaban J connectivity index is 1.97. The van der Waals surface area contributed by atoms with E-state index in [9.17, 15) is 9.59 Å². The Hall–Kier alpha value is -2.44. The Bertz CT molecular complexity index is 810. The van der Waals surface area contributed by atoms with Gasteiger partial charge in [0.05, 0.1) is 30.0 Å². The number of amides is 1. The maximum Gasteiger partial charge on any atom is 0.338 e. The van der Waals surface area contributed by atoms with Gasteiger partial charge in [0, 0.05) is 5.02 Å². The van der Waals surface area contributed by atoms with Crippen molar-refractivity contribution in [2.45, 2.75) is 6.92 Å². The van der Waals surface area contributed by atoms with Gasteiger partial charge in [0.2, 0.25) is 0 Å².